The summed E-state index contributed by atoms with van der Waals surface area (Å²) in [5.74, 6) is 1.45. The number of piperidine rings is 1. The van der Waals surface area contributed by atoms with Crippen molar-refractivity contribution in [2.24, 2.45) is 23.5 Å². The van der Waals surface area contributed by atoms with E-state index in [9.17, 15) is 9.59 Å². The lowest BCUT2D eigenvalue weighted by atomic mass is 9.82. The van der Waals surface area contributed by atoms with E-state index in [4.69, 9.17) is 5.73 Å². The lowest BCUT2D eigenvalue weighted by Crippen LogP contribution is -2.49. The quantitative estimate of drug-likeness (QED) is 0.729. The smallest absolute Gasteiger partial charge is 0.231 e. The molecule has 0 aliphatic carbocycles. The van der Waals surface area contributed by atoms with Crippen molar-refractivity contribution in [1.82, 2.24) is 15.1 Å². The first-order chi connectivity index (χ1) is 10.6. The Balaban J connectivity index is 1.45. The van der Waals surface area contributed by atoms with Gasteiger partial charge in [-0.1, -0.05) is 0 Å². The van der Waals surface area contributed by atoms with Gasteiger partial charge in [-0.05, 0) is 44.1 Å². The largest absolute Gasteiger partial charge is 0.369 e. The molecule has 3 N–H and O–H groups in total. The topological polar surface area (TPSA) is 78.7 Å². The van der Waals surface area contributed by atoms with Gasteiger partial charge in [-0.15, -0.1) is 0 Å². The third kappa shape index (κ3) is 2.24. The van der Waals surface area contributed by atoms with Crippen molar-refractivity contribution >= 4 is 11.8 Å². The van der Waals surface area contributed by atoms with Gasteiger partial charge >= 0.3 is 0 Å². The van der Waals surface area contributed by atoms with Crippen LogP contribution in [0.25, 0.3) is 0 Å². The molecule has 4 heterocycles. The Labute approximate surface area is 131 Å². The van der Waals surface area contributed by atoms with Crippen LogP contribution in [0.3, 0.4) is 0 Å². The minimum Gasteiger partial charge on any atom is -0.369 e. The van der Waals surface area contributed by atoms with E-state index >= 15 is 0 Å². The summed E-state index contributed by atoms with van der Waals surface area (Å²) >= 11 is 0. The summed E-state index contributed by atoms with van der Waals surface area (Å²) in [6, 6.07) is 0.924. The first-order valence-electron chi connectivity index (χ1n) is 8.68. The van der Waals surface area contributed by atoms with Gasteiger partial charge in [-0.2, -0.15) is 0 Å². The fourth-order valence-electron chi connectivity index (χ4n) is 5.43. The molecule has 0 radical (unpaired) electrons. The Morgan fingerprint density at radius 2 is 1.77 bits per heavy atom. The number of nitrogens with two attached hydrogens (primary N) is 1. The zero-order valence-corrected chi connectivity index (χ0v) is 13.0. The van der Waals surface area contributed by atoms with E-state index in [0.29, 0.717) is 36.4 Å². The number of amides is 2. The summed E-state index contributed by atoms with van der Waals surface area (Å²) < 4.78 is 0. The van der Waals surface area contributed by atoms with E-state index in [1.54, 1.807) is 0 Å². The van der Waals surface area contributed by atoms with Gasteiger partial charge in [0, 0.05) is 31.7 Å². The predicted octanol–water partition coefficient (Wildman–Crippen LogP) is -0.607. The van der Waals surface area contributed by atoms with Crippen LogP contribution in [-0.2, 0) is 9.59 Å². The molecule has 122 valence electrons. The van der Waals surface area contributed by atoms with Gasteiger partial charge in [0.25, 0.3) is 0 Å². The number of rotatable bonds is 3. The monoisotopic (exact) mass is 306 g/mol. The van der Waals surface area contributed by atoms with Gasteiger partial charge in [-0.3, -0.25) is 14.5 Å². The molecule has 0 aromatic carbocycles. The number of hydrogen-bond donors (Lipinski definition) is 2. The average Bonchev–Trinajstić information content (AvgIpc) is 3.18. The fourth-order valence-corrected chi connectivity index (χ4v) is 5.43. The Kier molecular flexibility index (Phi) is 3.61. The lowest BCUT2D eigenvalue weighted by Gasteiger charge is -2.35. The van der Waals surface area contributed by atoms with Gasteiger partial charge in [-0.25, -0.2) is 0 Å². The number of nitrogens with one attached hydrogen (secondary N) is 1. The molecule has 6 nitrogen and oxygen atoms in total. The van der Waals surface area contributed by atoms with Crippen molar-refractivity contribution in [2.75, 3.05) is 32.7 Å². The van der Waals surface area contributed by atoms with Crippen LogP contribution in [0.15, 0.2) is 0 Å². The summed E-state index contributed by atoms with van der Waals surface area (Å²) in [7, 11) is 0. The molecule has 4 aliphatic heterocycles. The minimum absolute atomic E-state index is 0.0583. The Hall–Kier alpha value is -1.14. The Morgan fingerprint density at radius 3 is 2.41 bits per heavy atom. The summed E-state index contributed by atoms with van der Waals surface area (Å²) in [6.45, 7) is 4.02. The number of nitrogens with zero attached hydrogens (tertiary/aromatic N) is 2. The lowest BCUT2D eigenvalue weighted by molar-refractivity contribution is -0.139. The number of likely N-dealkylation sites (tertiary alicyclic amines) is 1. The third-order valence-electron chi connectivity index (χ3n) is 6.26. The van der Waals surface area contributed by atoms with Crippen molar-refractivity contribution in [3.8, 4) is 0 Å². The van der Waals surface area contributed by atoms with Gasteiger partial charge in [0.05, 0.1) is 12.5 Å². The molecule has 4 rings (SSSR count). The number of primary amides is 1. The highest BCUT2D eigenvalue weighted by Crippen LogP contribution is 2.48. The predicted molar refractivity (Wildman–Crippen MR) is 81.9 cm³/mol. The molecule has 22 heavy (non-hydrogen) atoms. The van der Waals surface area contributed by atoms with Crippen molar-refractivity contribution in [2.45, 2.75) is 37.8 Å². The van der Waals surface area contributed by atoms with Crippen molar-refractivity contribution in [1.29, 1.82) is 0 Å². The van der Waals surface area contributed by atoms with E-state index < -0.39 is 0 Å². The Morgan fingerprint density at radius 1 is 1.09 bits per heavy atom. The molecular weight excluding hydrogens is 280 g/mol. The second-order valence-electron chi connectivity index (χ2n) is 7.48. The summed E-state index contributed by atoms with van der Waals surface area (Å²) in [4.78, 5) is 28.5. The van der Waals surface area contributed by atoms with Crippen molar-refractivity contribution in [3.63, 3.8) is 0 Å². The first kappa shape index (κ1) is 14.5. The summed E-state index contributed by atoms with van der Waals surface area (Å²) in [6.07, 6.45) is 4.30. The van der Waals surface area contributed by atoms with Crippen LogP contribution >= 0.6 is 0 Å². The Bertz CT molecular complexity index is 465. The van der Waals surface area contributed by atoms with Crippen molar-refractivity contribution in [3.05, 3.63) is 0 Å². The zero-order valence-electron chi connectivity index (χ0n) is 13.0. The van der Waals surface area contributed by atoms with Crippen LogP contribution in [0.1, 0.15) is 25.7 Å². The maximum absolute atomic E-state index is 13.1. The highest BCUT2D eigenvalue weighted by Gasteiger charge is 2.56. The SMILES string of the molecule is NC(=O)CN1CCCC(C(=O)N2[C@@H]3CC[C@H]2[C@H]2CNC[C@H]23)C1. The van der Waals surface area contributed by atoms with E-state index in [1.165, 1.54) is 12.8 Å². The normalized spacial score (nSPS) is 40.9. The molecule has 6 heteroatoms. The average molecular weight is 306 g/mol. The van der Waals surface area contributed by atoms with Crippen LogP contribution in [-0.4, -0.2) is 66.4 Å². The van der Waals surface area contributed by atoms with E-state index in [0.717, 1.165) is 32.5 Å². The maximum atomic E-state index is 13.1. The van der Waals surface area contributed by atoms with E-state index in [2.05, 4.69) is 15.1 Å². The van der Waals surface area contributed by atoms with Gasteiger partial charge in [0.15, 0.2) is 0 Å². The van der Waals surface area contributed by atoms with Crippen LogP contribution in [0.5, 0.6) is 0 Å². The molecule has 2 bridgehead atoms. The highest BCUT2D eigenvalue weighted by molar-refractivity contribution is 5.81. The van der Waals surface area contributed by atoms with Gasteiger partial charge in [0.1, 0.15) is 0 Å². The van der Waals surface area contributed by atoms with Crippen molar-refractivity contribution < 1.29 is 9.59 Å². The number of carbonyl (C=O) groups excluding carboxylic acids is 2. The van der Waals surface area contributed by atoms with Crippen LogP contribution in [0, 0.1) is 17.8 Å². The number of fused-ring (bicyclic) bond motifs is 5. The molecule has 4 aliphatic rings. The molecule has 0 saturated carbocycles. The van der Waals surface area contributed by atoms with Gasteiger partial charge < -0.3 is 16.0 Å². The van der Waals surface area contributed by atoms with Crippen LogP contribution in [0.4, 0.5) is 0 Å². The second kappa shape index (κ2) is 5.49. The van der Waals surface area contributed by atoms with E-state index in [-0.39, 0.29) is 18.4 Å². The fraction of sp³-hybridized carbons (Fsp3) is 0.875. The molecule has 1 unspecified atom stereocenters. The summed E-state index contributed by atoms with van der Waals surface area (Å²) in [5.41, 5.74) is 5.30. The van der Waals surface area contributed by atoms with Gasteiger partial charge in [0.2, 0.25) is 11.8 Å². The summed E-state index contributed by atoms with van der Waals surface area (Å²) in [5, 5.41) is 3.50. The number of carbonyl (C=O) groups is 2. The third-order valence-corrected chi connectivity index (χ3v) is 6.26. The standard InChI is InChI=1S/C16H26N4O2/c17-15(21)9-19-5-1-2-10(8-19)16(22)20-13-3-4-14(20)12-7-18-6-11(12)13/h10-14,18H,1-9H2,(H2,17,21)/t10?,11-,12+,13-,14+. The molecule has 2 amide bonds. The molecular formula is C16H26N4O2. The highest BCUT2D eigenvalue weighted by atomic mass is 16.2. The molecule has 4 saturated heterocycles. The zero-order chi connectivity index (χ0) is 15.3. The van der Waals surface area contributed by atoms with E-state index in [1.807, 2.05) is 0 Å². The van der Waals surface area contributed by atoms with Crippen LogP contribution in [0.2, 0.25) is 0 Å². The molecule has 4 fully saturated rings. The van der Waals surface area contributed by atoms with Crippen LogP contribution < -0.4 is 11.1 Å². The number of hydrogen-bond acceptors (Lipinski definition) is 4. The maximum Gasteiger partial charge on any atom is 0.231 e. The minimum atomic E-state index is -0.296. The molecule has 0 spiro atoms. The molecule has 0 aromatic heterocycles. The second-order valence-corrected chi connectivity index (χ2v) is 7.48. The molecule has 5 atom stereocenters. The molecule has 0 aromatic rings. The first-order valence-corrected chi connectivity index (χ1v) is 8.68.